The molecule has 0 aromatic carbocycles. The minimum atomic E-state index is -0.792. The van der Waals surface area contributed by atoms with Crippen LogP contribution in [0.4, 0.5) is 8.78 Å². The van der Waals surface area contributed by atoms with Crippen LogP contribution in [0.2, 0.25) is 0 Å². The number of hydrogen-bond acceptors (Lipinski definition) is 5. The highest BCUT2D eigenvalue weighted by Crippen LogP contribution is 2.22. The molecule has 1 rings (SSSR count). The van der Waals surface area contributed by atoms with Crippen molar-refractivity contribution in [2.75, 3.05) is 47.6 Å². The lowest BCUT2D eigenvalue weighted by molar-refractivity contribution is -0.133. The van der Waals surface area contributed by atoms with E-state index in [0.29, 0.717) is 6.54 Å². The minimum absolute atomic E-state index is 0.00160. The number of carbonyl (C=O) groups is 1. The molecule has 0 saturated carbocycles. The van der Waals surface area contributed by atoms with Crippen molar-refractivity contribution in [3.05, 3.63) is 48.1 Å². The van der Waals surface area contributed by atoms with Gasteiger partial charge in [-0.25, -0.2) is 8.78 Å². The van der Waals surface area contributed by atoms with Gasteiger partial charge in [0.25, 0.3) is 0 Å². The molecule has 182 valence electrons. The molecule has 0 saturated heterocycles. The molecule has 1 amide bonds. The first-order chi connectivity index (χ1) is 15.3. The van der Waals surface area contributed by atoms with Gasteiger partial charge in [-0.15, -0.1) is 0 Å². The highest BCUT2D eigenvalue weighted by atomic mass is 19.1. The molecule has 0 aliphatic heterocycles. The molecule has 0 fully saturated rings. The average molecular weight is 456 g/mol. The van der Waals surface area contributed by atoms with Crippen LogP contribution in [0.15, 0.2) is 53.1 Å². The van der Waals surface area contributed by atoms with Crippen molar-refractivity contribution < 1.29 is 23.0 Å². The van der Waals surface area contributed by atoms with Crippen LogP contribution in [0.3, 0.4) is 0 Å². The van der Waals surface area contributed by atoms with Gasteiger partial charge in [0.05, 0.1) is 0 Å². The monoisotopic (exact) mass is 455 g/mol. The number of hydrogen-bond donors (Lipinski definition) is 1. The predicted molar refractivity (Wildman–Crippen MR) is 127 cm³/mol. The van der Waals surface area contributed by atoms with Crippen molar-refractivity contribution in [3.63, 3.8) is 0 Å². The van der Waals surface area contributed by atoms with Crippen LogP contribution in [0.1, 0.15) is 33.6 Å². The summed E-state index contributed by atoms with van der Waals surface area (Å²) in [6.45, 7) is 11.5. The van der Waals surface area contributed by atoms with Crippen molar-refractivity contribution in [1.29, 1.82) is 0 Å². The van der Waals surface area contributed by atoms with Crippen LogP contribution < -0.4 is 5.32 Å². The predicted octanol–water partition coefficient (Wildman–Crippen LogP) is 4.16. The van der Waals surface area contributed by atoms with Crippen LogP contribution in [0, 0.1) is 0 Å². The van der Waals surface area contributed by atoms with E-state index in [0.717, 1.165) is 32.1 Å². The highest BCUT2D eigenvalue weighted by molar-refractivity contribution is 6.14. The van der Waals surface area contributed by atoms with Gasteiger partial charge in [0.1, 0.15) is 18.1 Å². The van der Waals surface area contributed by atoms with E-state index in [-0.39, 0.29) is 35.8 Å². The maximum absolute atomic E-state index is 14.1. The lowest BCUT2D eigenvalue weighted by Crippen LogP contribution is -2.49. The first kappa shape index (κ1) is 29.8. The fraction of sp³-hybridized carbons (Fsp3) is 0.583. The first-order valence-electron chi connectivity index (χ1n) is 10.8. The number of ether oxygens (including phenoxy) is 2. The van der Waals surface area contributed by atoms with E-state index in [2.05, 4.69) is 16.9 Å². The number of nitrogens with zero attached hydrogens (tertiary/aromatic N) is 2. The average Bonchev–Trinajstić information content (AvgIpc) is 2.73. The molecule has 0 unspecified atom stereocenters. The lowest BCUT2D eigenvalue weighted by atomic mass is 10.0. The summed E-state index contributed by atoms with van der Waals surface area (Å²) >= 11 is 0. The zero-order valence-electron chi connectivity index (χ0n) is 20.3. The smallest absolute Gasteiger partial charge is 0.244 e. The number of amides is 1. The molecule has 0 heterocycles. The zero-order valence-corrected chi connectivity index (χ0v) is 20.3. The van der Waals surface area contributed by atoms with E-state index in [4.69, 9.17) is 9.47 Å². The molecule has 0 radical (unpaired) electrons. The van der Waals surface area contributed by atoms with Gasteiger partial charge in [-0.3, -0.25) is 9.79 Å². The molecule has 32 heavy (non-hydrogen) atoms. The SMILES string of the molecule is C=C/C=C1/C=C(F)C=C(F)C1=NCC(=O)N(C(C)C)[C@H](CC)CNC.COCCCOC. The summed E-state index contributed by atoms with van der Waals surface area (Å²) in [5.41, 5.74) is 0.235. The van der Waals surface area contributed by atoms with Crippen LogP contribution in [-0.4, -0.2) is 76.2 Å². The normalized spacial score (nSPS) is 16.9. The molecule has 0 bridgehead atoms. The maximum atomic E-state index is 14.1. The fourth-order valence-corrected chi connectivity index (χ4v) is 3.17. The topological polar surface area (TPSA) is 63.2 Å². The van der Waals surface area contributed by atoms with E-state index in [1.54, 1.807) is 19.1 Å². The molecule has 1 N–H and O–H groups in total. The number of halogens is 2. The Balaban J connectivity index is 0.00000118. The number of likely N-dealkylation sites (N-methyl/N-ethyl adjacent to an activating group) is 1. The van der Waals surface area contributed by atoms with Gasteiger partial charge in [0, 0.05) is 57.7 Å². The van der Waals surface area contributed by atoms with Gasteiger partial charge in [-0.05, 0) is 39.8 Å². The Hall–Kier alpha value is -2.16. The molecule has 1 aliphatic rings. The van der Waals surface area contributed by atoms with Crippen LogP contribution in [0.25, 0.3) is 0 Å². The summed E-state index contributed by atoms with van der Waals surface area (Å²) in [6, 6.07) is 0.0308. The highest BCUT2D eigenvalue weighted by Gasteiger charge is 2.25. The van der Waals surface area contributed by atoms with Crippen molar-refractivity contribution in [2.24, 2.45) is 4.99 Å². The standard InChI is InChI=1S/C19H27F2N3O.C5H12O2/c1-6-8-14-9-15(20)10-17(21)19(14)23-12-18(25)24(13(3)4)16(7-2)11-22-5;1-6-4-3-5-7-2/h6,8-10,13,16,22H,1,7,11-12H2,2-5H3;3-5H2,1-2H3/b14-8-,23-19?;/t16-;/m1./s1. The number of rotatable bonds is 12. The molecule has 1 aliphatic carbocycles. The number of aliphatic imine (C=N–C) groups is 1. The Morgan fingerprint density at radius 3 is 2.34 bits per heavy atom. The molecular weight excluding hydrogens is 416 g/mol. The number of nitrogens with one attached hydrogen (secondary N) is 1. The number of carbonyl (C=O) groups excluding carboxylic acids is 1. The van der Waals surface area contributed by atoms with Gasteiger partial charge < -0.3 is 19.7 Å². The second kappa shape index (κ2) is 17.4. The van der Waals surface area contributed by atoms with E-state index >= 15 is 0 Å². The Kier molecular flexibility index (Phi) is 16.2. The van der Waals surface area contributed by atoms with E-state index < -0.39 is 11.7 Å². The largest absolute Gasteiger partial charge is 0.385 e. The van der Waals surface area contributed by atoms with E-state index in [1.807, 2.05) is 27.8 Å². The summed E-state index contributed by atoms with van der Waals surface area (Å²) in [7, 11) is 5.21. The van der Waals surface area contributed by atoms with Gasteiger partial charge in [0.15, 0.2) is 5.83 Å². The molecule has 0 aromatic rings. The first-order valence-corrected chi connectivity index (χ1v) is 10.8. The third kappa shape index (κ3) is 10.9. The molecule has 0 aromatic heterocycles. The summed E-state index contributed by atoms with van der Waals surface area (Å²) in [5, 5.41) is 3.08. The Labute approximate surface area is 191 Å². The van der Waals surface area contributed by atoms with E-state index in [1.165, 1.54) is 18.2 Å². The Morgan fingerprint density at radius 1 is 1.25 bits per heavy atom. The van der Waals surface area contributed by atoms with Gasteiger partial charge >= 0.3 is 0 Å². The Bertz CT molecular complexity index is 697. The van der Waals surface area contributed by atoms with Gasteiger partial charge in [-0.1, -0.05) is 25.7 Å². The maximum Gasteiger partial charge on any atom is 0.244 e. The van der Waals surface area contributed by atoms with Crippen molar-refractivity contribution >= 4 is 11.6 Å². The summed E-state index contributed by atoms with van der Waals surface area (Å²) in [4.78, 5) is 18.5. The van der Waals surface area contributed by atoms with Crippen molar-refractivity contribution in [1.82, 2.24) is 10.2 Å². The number of allylic oxidation sites excluding steroid dienone is 7. The molecule has 8 heteroatoms. The third-order valence-corrected chi connectivity index (χ3v) is 4.57. The van der Waals surface area contributed by atoms with Crippen LogP contribution >= 0.6 is 0 Å². The van der Waals surface area contributed by atoms with Gasteiger partial charge in [-0.2, -0.15) is 0 Å². The Morgan fingerprint density at radius 2 is 1.88 bits per heavy atom. The quantitative estimate of drug-likeness (QED) is 0.449. The fourth-order valence-electron chi connectivity index (χ4n) is 3.17. The number of methoxy groups -OCH3 is 2. The second-order valence-corrected chi connectivity index (χ2v) is 7.40. The summed E-state index contributed by atoms with van der Waals surface area (Å²) in [5.74, 6) is -1.68. The molecule has 1 atom stereocenters. The summed E-state index contributed by atoms with van der Waals surface area (Å²) in [6.07, 6.45) is 6.61. The second-order valence-electron chi connectivity index (χ2n) is 7.40. The molecular formula is C24H39F2N3O3. The van der Waals surface area contributed by atoms with Gasteiger partial charge in [0.2, 0.25) is 5.91 Å². The van der Waals surface area contributed by atoms with Crippen molar-refractivity contribution in [3.8, 4) is 0 Å². The zero-order chi connectivity index (χ0) is 24.5. The molecule has 6 nitrogen and oxygen atoms in total. The molecule has 0 spiro atoms. The third-order valence-electron chi connectivity index (χ3n) is 4.57. The van der Waals surface area contributed by atoms with Crippen LogP contribution in [0.5, 0.6) is 0 Å². The minimum Gasteiger partial charge on any atom is -0.385 e. The van der Waals surface area contributed by atoms with E-state index in [9.17, 15) is 13.6 Å². The van der Waals surface area contributed by atoms with Crippen molar-refractivity contribution in [2.45, 2.75) is 45.7 Å². The summed E-state index contributed by atoms with van der Waals surface area (Å²) < 4.78 is 37.0. The van der Waals surface area contributed by atoms with Crippen LogP contribution in [-0.2, 0) is 14.3 Å². The lowest BCUT2D eigenvalue weighted by Gasteiger charge is -2.34.